The number of rotatable bonds is 5. The van der Waals surface area contributed by atoms with Crippen molar-refractivity contribution in [1.82, 2.24) is 4.98 Å². The fraction of sp³-hybridized carbons (Fsp3) is 0.179. The van der Waals surface area contributed by atoms with E-state index in [0.29, 0.717) is 22.5 Å². The van der Waals surface area contributed by atoms with Crippen LogP contribution in [0.2, 0.25) is 0 Å². The highest BCUT2D eigenvalue weighted by molar-refractivity contribution is 6.11. The van der Waals surface area contributed by atoms with E-state index in [1.165, 1.54) is 0 Å². The van der Waals surface area contributed by atoms with E-state index in [4.69, 9.17) is 4.98 Å². The molecule has 1 fully saturated rings. The highest BCUT2D eigenvalue weighted by Gasteiger charge is 2.23. The first-order valence-electron chi connectivity index (χ1n) is 11.5. The van der Waals surface area contributed by atoms with Crippen LogP contribution in [0.15, 0.2) is 78.9 Å². The second-order valence-electron chi connectivity index (χ2n) is 8.50. The molecule has 1 aliphatic heterocycles. The number of aromatic nitrogens is 1. The summed E-state index contributed by atoms with van der Waals surface area (Å²) in [5.41, 5.74) is 4.10. The van der Waals surface area contributed by atoms with Crippen LogP contribution < -0.4 is 15.5 Å². The molecule has 0 radical (unpaired) electrons. The van der Waals surface area contributed by atoms with E-state index in [1.54, 1.807) is 12.1 Å². The Labute approximate surface area is 198 Å². The van der Waals surface area contributed by atoms with Crippen molar-refractivity contribution in [2.45, 2.75) is 19.8 Å². The molecule has 2 N–H and O–H groups in total. The molecule has 0 bridgehead atoms. The Hall–Kier alpha value is -4.19. The van der Waals surface area contributed by atoms with Crippen LogP contribution in [-0.4, -0.2) is 29.9 Å². The van der Waals surface area contributed by atoms with E-state index in [0.717, 1.165) is 48.2 Å². The van der Waals surface area contributed by atoms with E-state index in [9.17, 15) is 9.59 Å². The molecule has 6 heteroatoms. The summed E-state index contributed by atoms with van der Waals surface area (Å²) in [5.74, 6) is 0.317. The maximum Gasteiger partial charge on any atom is 0.259 e. The van der Waals surface area contributed by atoms with Gasteiger partial charge in [-0.3, -0.25) is 9.59 Å². The molecule has 1 saturated heterocycles. The number of carbonyl (C=O) groups is 2. The molecule has 34 heavy (non-hydrogen) atoms. The smallest absolute Gasteiger partial charge is 0.259 e. The lowest BCUT2D eigenvalue weighted by Crippen LogP contribution is -2.24. The van der Waals surface area contributed by atoms with Gasteiger partial charge in [-0.2, -0.15) is 0 Å². The van der Waals surface area contributed by atoms with Crippen molar-refractivity contribution in [2.75, 3.05) is 28.6 Å². The third kappa shape index (κ3) is 4.35. The molecule has 2 heterocycles. The Bertz CT molecular complexity index is 1360. The van der Waals surface area contributed by atoms with Crippen LogP contribution in [0.3, 0.4) is 0 Å². The van der Waals surface area contributed by atoms with Gasteiger partial charge in [0.1, 0.15) is 5.82 Å². The summed E-state index contributed by atoms with van der Waals surface area (Å²) in [7, 11) is 0. The maximum absolute atomic E-state index is 13.5. The third-order valence-corrected chi connectivity index (χ3v) is 6.22. The number of hydrogen-bond acceptors (Lipinski definition) is 4. The second-order valence-corrected chi connectivity index (χ2v) is 8.50. The predicted octanol–water partition coefficient (Wildman–Crippen LogP) is 5.65. The Balaban J connectivity index is 1.44. The first-order valence-corrected chi connectivity index (χ1v) is 11.5. The van der Waals surface area contributed by atoms with Gasteiger partial charge in [-0.15, -0.1) is 0 Å². The molecule has 2 amide bonds. The number of anilines is 3. The summed E-state index contributed by atoms with van der Waals surface area (Å²) in [6, 6.07) is 24.3. The molecule has 0 atom stereocenters. The summed E-state index contributed by atoms with van der Waals surface area (Å²) in [6.45, 7) is 3.67. The van der Waals surface area contributed by atoms with E-state index >= 15 is 0 Å². The van der Waals surface area contributed by atoms with Crippen LogP contribution in [0, 0.1) is 6.92 Å². The molecule has 1 aromatic heterocycles. The van der Waals surface area contributed by atoms with Gasteiger partial charge in [0.2, 0.25) is 0 Å². The molecular weight excluding hydrogens is 424 g/mol. The van der Waals surface area contributed by atoms with Crippen LogP contribution in [0.25, 0.3) is 10.9 Å². The van der Waals surface area contributed by atoms with Crippen LogP contribution in [0.1, 0.15) is 39.1 Å². The summed E-state index contributed by atoms with van der Waals surface area (Å²) < 4.78 is 0. The third-order valence-electron chi connectivity index (χ3n) is 6.22. The summed E-state index contributed by atoms with van der Waals surface area (Å²) in [4.78, 5) is 33.1. The van der Waals surface area contributed by atoms with Gasteiger partial charge in [-0.25, -0.2) is 4.98 Å². The molecular formula is C28H26N4O2. The van der Waals surface area contributed by atoms with Gasteiger partial charge in [-0.05, 0) is 61.7 Å². The van der Waals surface area contributed by atoms with E-state index in [-0.39, 0.29) is 11.8 Å². The zero-order valence-electron chi connectivity index (χ0n) is 19.0. The minimum absolute atomic E-state index is 0.192. The Kier molecular flexibility index (Phi) is 5.95. The molecule has 0 aliphatic carbocycles. The normalized spacial score (nSPS) is 13.1. The van der Waals surface area contributed by atoms with E-state index < -0.39 is 0 Å². The Morgan fingerprint density at radius 1 is 0.794 bits per heavy atom. The largest absolute Gasteiger partial charge is 0.356 e. The number of nitrogens with one attached hydrogen (secondary N) is 2. The van der Waals surface area contributed by atoms with Gasteiger partial charge in [-0.1, -0.05) is 42.5 Å². The minimum atomic E-state index is -0.213. The van der Waals surface area contributed by atoms with Gasteiger partial charge in [0.25, 0.3) is 11.8 Å². The van der Waals surface area contributed by atoms with Crippen molar-refractivity contribution in [3.63, 3.8) is 0 Å². The van der Waals surface area contributed by atoms with Gasteiger partial charge >= 0.3 is 0 Å². The van der Waals surface area contributed by atoms with Crippen molar-refractivity contribution in [3.8, 4) is 0 Å². The summed E-state index contributed by atoms with van der Waals surface area (Å²) in [6.07, 6.45) is 2.19. The Morgan fingerprint density at radius 3 is 2.18 bits per heavy atom. The lowest BCUT2D eigenvalue weighted by molar-refractivity contribution is 0.101. The van der Waals surface area contributed by atoms with Crippen molar-refractivity contribution in [3.05, 3.63) is 95.6 Å². The molecule has 6 nitrogen and oxygen atoms in total. The van der Waals surface area contributed by atoms with E-state index in [1.807, 2.05) is 73.7 Å². The van der Waals surface area contributed by atoms with Crippen molar-refractivity contribution in [1.29, 1.82) is 0 Å². The zero-order valence-corrected chi connectivity index (χ0v) is 19.0. The van der Waals surface area contributed by atoms with Gasteiger partial charge < -0.3 is 15.5 Å². The number of pyridine rings is 1. The molecule has 170 valence electrons. The molecule has 0 unspecified atom stereocenters. The number of para-hydroxylation sites is 1. The van der Waals surface area contributed by atoms with Crippen molar-refractivity contribution >= 4 is 39.9 Å². The Morgan fingerprint density at radius 2 is 1.44 bits per heavy atom. The second kappa shape index (κ2) is 9.35. The number of carbonyl (C=O) groups excluding carboxylic acids is 2. The van der Waals surface area contributed by atoms with Crippen LogP contribution >= 0.6 is 0 Å². The monoisotopic (exact) mass is 450 g/mol. The lowest BCUT2D eigenvalue weighted by Gasteiger charge is -2.21. The average molecular weight is 451 g/mol. The minimum Gasteiger partial charge on any atom is -0.356 e. The summed E-state index contributed by atoms with van der Waals surface area (Å²) in [5, 5.41) is 6.93. The van der Waals surface area contributed by atoms with Crippen LogP contribution in [-0.2, 0) is 0 Å². The molecule has 1 aliphatic rings. The van der Waals surface area contributed by atoms with Crippen molar-refractivity contribution < 1.29 is 9.59 Å². The standard InChI is InChI=1S/C28H26N4O2/c1-19-23(30-27(33)20-10-3-2-4-11-20)14-9-15-24(19)31-28(34)22-18-21-12-5-6-13-25(21)29-26(22)32-16-7-8-17-32/h2-6,9-15,18H,7-8,16-17H2,1H3,(H,30,33)(H,31,34). The van der Waals surface area contributed by atoms with Gasteiger partial charge in [0.05, 0.1) is 11.1 Å². The van der Waals surface area contributed by atoms with Gasteiger partial charge in [0.15, 0.2) is 0 Å². The van der Waals surface area contributed by atoms with Gasteiger partial charge in [0, 0.05) is 35.4 Å². The first kappa shape index (κ1) is 21.6. The zero-order chi connectivity index (χ0) is 23.5. The fourth-order valence-electron chi connectivity index (χ4n) is 4.32. The van der Waals surface area contributed by atoms with Crippen LogP contribution in [0.4, 0.5) is 17.2 Å². The summed E-state index contributed by atoms with van der Waals surface area (Å²) >= 11 is 0. The molecule has 0 spiro atoms. The SMILES string of the molecule is Cc1c(NC(=O)c2ccccc2)cccc1NC(=O)c1cc2ccccc2nc1N1CCCC1. The lowest BCUT2D eigenvalue weighted by atomic mass is 10.1. The quantitative estimate of drug-likeness (QED) is 0.412. The molecule has 5 rings (SSSR count). The molecule has 4 aromatic rings. The van der Waals surface area contributed by atoms with Crippen molar-refractivity contribution in [2.24, 2.45) is 0 Å². The number of amides is 2. The van der Waals surface area contributed by atoms with E-state index in [2.05, 4.69) is 15.5 Å². The average Bonchev–Trinajstić information content (AvgIpc) is 3.41. The predicted molar refractivity (Wildman–Crippen MR) is 137 cm³/mol. The highest BCUT2D eigenvalue weighted by atomic mass is 16.2. The maximum atomic E-state index is 13.5. The molecule has 0 saturated carbocycles. The van der Waals surface area contributed by atoms with Crippen LogP contribution in [0.5, 0.6) is 0 Å². The first-order chi connectivity index (χ1) is 16.6. The number of fused-ring (bicyclic) bond motifs is 1. The fourth-order valence-corrected chi connectivity index (χ4v) is 4.32. The molecule has 3 aromatic carbocycles. The number of hydrogen-bond donors (Lipinski definition) is 2. The number of nitrogens with zero attached hydrogens (tertiary/aromatic N) is 2. The highest BCUT2D eigenvalue weighted by Crippen LogP contribution is 2.29. The number of benzene rings is 3. The topological polar surface area (TPSA) is 74.3 Å².